The summed E-state index contributed by atoms with van der Waals surface area (Å²) in [6.45, 7) is 3.01. The molecule has 0 unspecified atom stereocenters. The highest BCUT2D eigenvalue weighted by atomic mass is 19.1. The van der Waals surface area contributed by atoms with Crippen LogP contribution in [0.2, 0.25) is 0 Å². The third kappa shape index (κ3) is 7.74. The van der Waals surface area contributed by atoms with Gasteiger partial charge in [0.15, 0.2) is 6.61 Å². The maximum atomic E-state index is 14.7. The fraction of sp³-hybridized carbons (Fsp3) is 0.531. The van der Waals surface area contributed by atoms with Crippen LogP contribution in [-0.2, 0) is 19.2 Å². The number of nitrogens with zero attached hydrogens (tertiary/aromatic N) is 5. The molecule has 0 radical (unpaired) electrons. The summed E-state index contributed by atoms with van der Waals surface area (Å²) in [6.07, 6.45) is 1.28. The first-order valence-corrected chi connectivity index (χ1v) is 16.0. The van der Waals surface area contributed by atoms with Gasteiger partial charge in [0.05, 0.1) is 5.52 Å². The predicted octanol–water partition coefficient (Wildman–Crippen LogP) is 1.46. The Morgan fingerprint density at radius 2 is 1.62 bits per heavy atom. The number of carboxylic acids is 1. The second kappa shape index (κ2) is 14.8. The van der Waals surface area contributed by atoms with Crippen LogP contribution in [0.15, 0.2) is 18.2 Å². The number of carbonyl (C=O) groups excluding carboxylic acids is 4. The van der Waals surface area contributed by atoms with Gasteiger partial charge in [-0.15, -0.1) is 0 Å². The molecule has 3 aliphatic rings. The fourth-order valence-electron chi connectivity index (χ4n) is 6.34. The van der Waals surface area contributed by atoms with Crippen LogP contribution in [0.25, 0.3) is 10.9 Å². The number of nitrogens with one attached hydrogen (secondary N) is 1. The van der Waals surface area contributed by atoms with Crippen LogP contribution in [0.3, 0.4) is 0 Å². The molecule has 2 atom stereocenters. The molecule has 5 amide bonds. The van der Waals surface area contributed by atoms with E-state index in [0.717, 1.165) is 17.7 Å². The highest BCUT2D eigenvalue weighted by molar-refractivity contribution is 5.99. The summed E-state index contributed by atoms with van der Waals surface area (Å²) in [4.78, 5) is 86.1. The van der Waals surface area contributed by atoms with Crippen LogP contribution in [-0.4, -0.2) is 135 Å². The number of pyridine rings is 1. The van der Waals surface area contributed by atoms with Crippen molar-refractivity contribution in [2.24, 2.45) is 0 Å². The van der Waals surface area contributed by atoms with E-state index in [2.05, 4.69) is 10.3 Å². The number of hydrogen-bond donors (Lipinski definition) is 3. The van der Waals surface area contributed by atoms with Gasteiger partial charge in [-0.3, -0.25) is 24.0 Å². The molecule has 2 aromatic rings. The van der Waals surface area contributed by atoms with E-state index in [1.165, 1.54) is 34.9 Å². The quantitative estimate of drug-likeness (QED) is 0.334. The summed E-state index contributed by atoms with van der Waals surface area (Å²) >= 11 is 0. The van der Waals surface area contributed by atoms with Crippen molar-refractivity contribution in [3.63, 3.8) is 0 Å². The van der Waals surface area contributed by atoms with E-state index in [1.807, 2.05) is 0 Å². The molecule has 0 spiro atoms. The summed E-state index contributed by atoms with van der Waals surface area (Å²) in [5.41, 5.74) is 0.207. The van der Waals surface area contributed by atoms with Crippen LogP contribution >= 0.6 is 0 Å². The van der Waals surface area contributed by atoms with Crippen molar-refractivity contribution in [2.75, 3.05) is 52.4 Å². The summed E-state index contributed by atoms with van der Waals surface area (Å²) in [5.74, 6) is -3.68. The number of ether oxygens (including phenoxy) is 1. The van der Waals surface area contributed by atoms with E-state index in [1.54, 1.807) is 4.90 Å². The van der Waals surface area contributed by atoms with Gasteiger partial charge in [0.25, 0.3) is 11.8 Å². The first-order valence-electron chi connectivity index (χ1n) is 16.0. The smallest absolute Gasteiger partial charge is 0.407 e. The number of piperazine rings is 1. The molecular formula is C32H39FN6O9. The number of halogens is 1. The molecule has 5 rings (SSSR count). The topological polar surface area (TPSA) is 190 Å². The number of aromatic nitrogens is 1. The number of likely N-dealkylation sites (tertiary alicyclic amines) is 2. The van der Waals surface area contributed by atoms with E-state index >= 15 is 0 Å². The lowest BCUT2D eigenvalue weighted by Gasteiger charge is -2.35. The van der Waals surface area contributed by atoms with E-state index in [0.29, 0.717) is 32.5 Å². The third-order valence-corrected chi connectivity index (χ3v) is 9.02. The standard InChI is InChI=1S/C32H39FN6O9/c1-19-15-23-20(16-21(19)33)26(48-18-27(40)39-10-4-5-25(39)31(45)36-8-2-3-9-36)17-24(34-23)29(43)35-22(6-7-28(41)42)30(44)37-11-13-38(14-12-37)32(46)47/h15-17,22,25H,2-14,18H2,1H3,(H,35,43)(H,41,42)(H,46,47)/t22-,25-/m0/s1. The molecule has 1 aromatic carbocycles. The lowest BCUT2D eigenvalue weighted by Crippen LogP contribution is -2.55. The fourth-order valence-corrected chi connectivity index (χ4v) is 6.34. The summed E-state index contributed by atoms with van der Waals surface area (Å²) < 4.78 is 20.6. The van der Waals surface area contributed by atoms with Crippen LogP contribution < -0.4 is 10.1 Å². The second-order valence-electron chi connectivity index (χ2n) is 12.2. The van der Waals surface area contributed by atoms with Gasteiger partial charge in [0, 0.05) is 63.7 Å². The Bertz CT molecular complexity index is 1610. The van der Waals surface area contributed by atoms with Gasteiger partial charge in [-0.2, -0.15) is 0 Å². The van der Waals surface area contributed by atoms with Gasteiger partial charge in [0.2, 0.25) is 11.8 Å². The number of amides is 5. The van der Waals surface area contributed by atoms with Gasteiger partial charge < -0.3 is 39.9 Å². The largest absolute Gasteiger partial charge is 0.483 e. The highest BCUT2D eigenvalue weighted by Gasteiger charge is 2.37. The Hall–Kier alpha value is -5.02. The minimum absolute atomic E-state index is 0.0165. The van der Waals surface area contributed by atoms with Crippen molar-refractivity contribution in [1.82, 2.24) is 29.9 Å². The maximum absolute atomic E-state index is 14.7. The first-order chi connectivity index (χ1) is 22.9. The lowest BCUT2D eigenvalue weighted by molar-refractivity contribution is -0.144. The van der Waals surface area contributed by atoms with Crippen molar-refractivity contribution in [2.45, 2.75) is 57.5 Å². The van der Waals surface area contributed by atoms with Crippen molar-refractivity contribution in [3.8, 4) is 5.75 Å². The molecule has 3 N–H and O–H groups in total. The molecule has 3 saturated heterocycles. The third-order valence-electron chi connectivity index (χ3n) is 9.02. The molecule has 15 nitrogen and oxygen atoms in total. The molecule has 48 heavy (non-hydrogen) atoms. The van der Waals surface area contributed by atoms with Crippen LogP contribution in [0.5, 0.6) is 5.75 Å². The molecule has 0 aliphatic carbocycles. The van der Waals surface area contributed by atoms with Gasteiger partial charge in [0.1, 0.15) is 29.3 Å². The number of carboxylic acid groups (broad SMARTS) is 2. The number of aliphatic carboxylic acids is 1. The predicted molar refractivity (Wildman–Crippen MR) is 167 cm³/mol. The summed E-state index contributed by atoms with van der Waals surface area (Å²) in [5, 5.41) is 21.2. The number of benzene rings is 1. The van der Waals surface area contributed by atoms with Crippen LogP contribution in [0, 0.1) is 12.7 Å². The average molecular weight is 671 g/mol. The molecule has 16 heteroatoms. The number of carbonyl (C=O) groups is 6. The average Bonchev–Trinajstić information content (AvgIpc) is 3.79. The van der Waals surface area contributed by atoms with Crippen molar-refractivity contribution in [1.29, 1.82) is 0 Å². The number of rotatable bonds is 10. The van der Waals surface area contributed by atoms with E-state index in [9.17, 15) is 43.4 Å². The van der Waals surface area contributed by atoms with Crippen molar-refractivity contribution < 1.29 is 48.1 Å². The zero-order valence-corrected chi connectivity index (χ0v) is 26.7. The molecule has 3 fully saturated rings. The summed E-state index contributed by atoms with van der Waals surface area (Å²) in [7, 11) is 0. The molecule has 258 valence electrons. The minimum Gasteiger partial charge on any atom is -0.483 e. The van der Waals surface area contributed by atoms with Crippen molar-refractivity contribution >= 4 is 46.6 Å². The minimum atomic E-state index is -1.26. The lowest BCUT2D eigenvalue weighted by atomic mass is 10.1. The monoisotopic (exact) mass is 670 g/mol. The van der Waals surface area contributed by atoms with Crippen LogP contribution in [0.4, 0.5) is 9.18 Å². The van der Waals surface area contributed by atoms with Gasteiger partial charge in [-0.05, 0) is 56.7 Å². The Morgan fingerprint density at radius 1 is 0.938 bits per heavy atom. The van der Waals surface area contributed by atoms with Crippen LogP contribution in [0.1, 0.15) is 54.6 Å². The molecule has 0 bridgehead atoms. The first kappa shape index (κ1) is 34.3. The van der Waals surface area contributed by atoms with Gasteiger partial charge in [-0.25, -0.2) is 14.2 Å². The highest BCUT2D eigenvalue weighted by Crippen LogP contribution is 2.29. The van der Waals surface area contributed by atoms with E-state index in [4.69, 9.17) is 4.74 Å². The van der Waals surface area contributed by atoms with E-state index in [-0.39, 0.29) is 66.4 Å². The Morgan fingerprint density at radius 3 is 2.29 bits per heavy atom. The molecule has 1 aromatic heterocycles. The molecular weight excluding hydrogens is 631 g/mol. The normalized spacial score (nSPS) is 18.6. The van der Waals surface area contributed by atoms with Gasteiger partial charge >= 0.3 is 12.1 Å². The number of hydrogen-bond acceptors (Lipinski definition) is 8. The zero-order valence-electron chi connectivity index (χ0n) is 26.7. The van der Waals surface area contributed by atoms with E-state index < -0.39 is 60.7 Å². The molecule has 3 aliphatic heterocycles. The molecule has 4 heterocycles. The number of fused-ring (bicyclic) bond motifs is 1. The maximum Gasteiger partial charge on any atom is 0.407 e. The Labute approximate surface area is 275 Å². The second-order valence-corrected chi connectivity index (χ2v) is 12.2. The van der Waals surface area contributed by atoms with Crippen molar-refractivity contribution in [3.05, 3.63) is 35.3 Å². The SMILES string of the molecule is Cc1cc2nc(C(=O)N[C@@H](CCC(=O)O)C(=O)N3CCN(C(=O)O)CC3)cc(OCC(=O)N3CCC[C@H]3C(=O)N3CCCC3)c2cc1F. The summed E-state index contributed by atoms with van der Waals surface area (Å²) in [6, 6.07) is 1.98. The van der Waals surface area contributed by atoms with Gasteiger partial charge in [-0.1, -0.05) is 0 Å². The Kier molecular flexibility index (Phi) is 10.6. The molecule has 0 saturated carbocycles. The number of aryl methyl sites for hydroxylation is 1. The zero-order chi connectivity index (χ0) is 34.5. The Balaban J connectivity index is 1.35.